The second kappa shape index (κ2) is 6.70. The number of carboxylic acid groups (broad SMARTS) is 1. The summed E-state index contributed by atoms with van der Waals surface area (Å²) in [4.78, 5) is 10.4. The van der Waals surface area contributed by atoms with E-state index >= 15 is 0 Å². The number of unbranched alkanes of at least 4 members (excludes halogenated alkanes) is 1. The Labute approximate surface area is 96.5 Å². The van der Waals surface area contributed by atoms with Gasteiger partial charge in [0, 0.05) is 0 Å². The molecule has 0 radical (unpaired) electrons. The van der Waals surface area contributed by atoms with Crippen molar-refractivity contribution < 1.29 is 28.8 Å². The van der Waals surface area contributed by atoms with Crippen LogP contribution in [0.25, 0.3) is 0 Å². The number of hydrogen-bond acceptors (Lipinski definition) is 2. The zero-order valence-electron chi connectivity index (χ0n) is 8.75. The van der Waals surface area contributed by atoms with E-state index in [9.17, 15) is 9.90 Å². The summed E-state index contributed by atoms with van der Waals surface area (Å²) < 4.78 is 0. The average molecular weight is 184 g/mol. The summed E-state index contributed by atoms with van der Waals surface area (Å²) in [6.07, 6.45) is 3.32. The van der Waals surface area contributed by atoms with Crippen LogP contribution in [0.5, 0.6) is 0 Å². The minimum atomic E-state index is -1.11. The number of carbonyl (C=O) groups excluding carboxylic acids is 1. The van der Waals surface area contributed by atoms with Crippen LogP contribution in [0, 0.1) is 0 Å². The number of aromatic carboxylic acids is 1. The van der Waals surface area contributed by atoms with Gasteiger partial charge in [-0.3, -0.25) is 0 Å². The molecule has 1 aromatic rings. The van der Waals surface area contributed by atoms with Crippen molar-refractivity contribution in [2.45, 2.75) is 26.2 Å². The average Bonchev–Trinajstić information content (AvgIpc) is 2.15. The van der Waals surface area contributed by atoms with Crippen LogP contribution >= 0.6 is 0 Å². The number of rotatable bonds is 4. The Hall–Kier alpha value is -0.713. The maximum atomic E-state index is 10.4. The molecule has 0 amide bonds. The van der Waals surface area contributed by atoms with Gasteiger partial charge in [0.15, 0.2) is 0 Å². The molecule has 0 aliphatic rings. The maximum Gasteiger partial charge on any atom is 1.00 e. The van der Waals surface area contributed by atoms with Gasteiger partial charge in [-0.15, -0.1) is 0 Å². The molecule has 1 aromatic carbocycles. The molecule has 0 saturated heterocycles. The molecule has 0 N–H and O–H groups in total. The predicted molar refractivity (Wildman–Crippen MR) is 49.4 cm³/mol. The molecule has 2 nitrogen and oxygen atoms in total. The molecule has 0 bridgehead atoms. The van der Waals surface area contributed by atoms with Crippen LogP contribution in [-0.2, 0) is 6.42 Å². The van der Waals surface area contributed by atoms with Crippen LogP contribution in [0.2, 0.25) is 0 Å². The van der Waals surface area contributed by atoms with Gasteiger partial charge < -0.3 is 9.90 Å². The first-order chi connectivity index (χ1) is 6.24. The zero-order valence-corrected chi connectivity index (χ0v) is 8.75. The molecule has 0 unspecified atom stereocenters. The Morgan fingerprint density at radius 2 is 1.86 bits per heavy atom. The third-order valence-corrected chi connectivity index (χ3v) is 2.01. The molecule has 1 rings (SSSR count). The van der Waals surface area contributed by atoms with Crippen molar-refractivity contribution in [2.75, 3.05) is 0 Å². The van der Waals surface area contributed by atoms with Crippen LogP contribution in [0.4, 0.5) is 0 Å². The van der Waals surface area contributed by atoms with Gasteiger partial charge in [0.25, 0.3) is 0 Å². The first-order valence-electron chi connectivity index (χ1n) is 4.54. The van der Waals surface area contributed by atoms with Crippen molar-refractivity contribution in [1.82, 2.24) is 0 Å². The maximum absolute atomic E-state index is 10.4. The fourth-order valence-electron chi connectivity index (χ4n) is 1.19. The van der Waals surface area contributed by atoms with E-state index in [2.05, 4.69) is 6.92 Å². The number of benzene rings is 1. The van der Waals surface area contributed by atoms with E-state index in [4.69, 9.17) is 0 Å². The molecule has 0 aliphatic carbocycles. The van der Waals surface area contributed by atoms with Crippen molar-refractivity contribution >= 4 is 5.97 Å². The van der Waals surface area contributed by atoms with Gasteiger partial charge in [-0.1, -0.05) is 37.6 Å². The standard InChI is InChI=1S/C11H14O2.Li/c1-2-3-4-9-5-7-10(8-6-9)11(12)13;/h5-8H,2-4H2,1H3,(H,12,13);/q;+1/p-1. The second-order valence-electron chi connectivity index (χ2n) is 3.09. The molecule has 0 aromatic heterocycles. The molecule has 0 atom stereocenters. The minimum Gasteiger partial charge on any atom is -0.545 e. The molecule has 0 fully saturated rings. The van der Waals surface area contributed by atoms with E-state index in [0.29, 0.717) is 0 Å². The quantitative estimate of drug-likeness (QED) is 0.528. The van der Waals surface area contributed by atoms with E-state index < -0.39 is 5.97 Å². The van der Waals surface area contributed by atoms with E-state index in [0.717, 1.165) is 19.3 Å². The van der Waals surface area contributed by atoms with Crippen molar-refractivity contribution in [2.24, 2.45) is 0 Å². The zero-order chi connectivity index (χ0) is 9.68. The molecule has 0 heterocycles. The van der Waals surface area contributed by atoms with Crippen LogP contribution < -0.4 is 24.0 Å². The normalized spacial score (nSPS) is 9.21. The molecule has 0 aliphatic heterocycles. The van der Waals surface area contributed by atoms with Gasteiger partial charge >= 0.3 is 18.9 Å². The first-order valence-corrected chi connectivity index (χ1v) is 4.54. The largest absolute Gasteiger partial charge is 1.00 e. The van der Waals surface area contributed by atoms with Gasteiger partial charge in [-0.25, -0.2) is 0 Å². The third-order valence-electron chi connectivity index (χ3n) is 2.01. The molecule has 0 spiro atoms. The Morgan fingerprint density at radius 3 is 2.29 bits per heavy atom. The smallest absolute Gasteiger partial charge is 0.545 e. The van der Waals surface area contributed by atoms with E-state index in [1.807, 2.05) is 12.1 Å². The van der Waals surface area contributed by atoms with Crippen LogP contribution in [-0.4, -0.2) is 5.97 Å². The SMILES string of the molecule is CCCCc1ccc(C(=O)[O-])cc1.[Li+]. The summed E-state index contributed by atoms with van der Waals surface area (Å²) in [5.41, 5.74) is 1.44. The van der Waals surface area contributed by atoms with E-state index in [1.54, 1.807) is 12.1 Å². The predicted octanol–water partition coefficient (Wildman–Crippen LogP) is -1.60. The third kappa shape index (κ3) is 4.00. The van der Waals surface area contributed by atoms with Crippen molar-refractivity contribution in [3.63, 3.8) is 0 Å². The summed E-state index contributed by atoms with van der Waals surface area (Å²) in [7, 11) is 0. The van der Waals surface area contributed by atoms with Gasteiger partial charge in [0.05, 0.1) is 5.97 Å². The summed E-state index contributed by atoms with van der Waals surface area (Å²) in [6.45, 7) is 2.13. The van der Waals surface area contributed by atoms with Crippen molar-refractivity contribution in [1.29, 1.82) is 0 Å². The van der Waals surface area contributed by atoms with Crippen LogP contribution in [0.1, 0.15) is 35.7 Å². The molecule has 14 heavy (non-hydrogen) atoms. The monoisotopic (exact) mass is 184 g/mol. The Bertz CT molecular complexity index is 280. The fraction of sp³-hybridized carbons (Fsp3) is 0.364. The molecule has 3 heteroatoms. The first kappa shape index (κ1) is 13.3. The molecule has 70 valence electrons. The number of carbonyl (C=O) groups is 1. The summed E-state index contributed by atoms with van der Waals surface area (Å²) in [5, 5.41) is 10.4. The molecular weight excluding hydrogens is 171 g/mol. The van der Waals surface area contributed by atoms with Gasteiger partial charge in [-0.2, -0.15) is 0 Å². The number of hydrogen-bond donors (Lipinski definition) is 0. The van der Waals surface area contributed by atoms with Crippen molar-refractivity contribution in [3.05, 3.63) is 35.4 Å². The van der Waals surface area contributed by atoms with E-state index in [1.165, 1.54) is 5.56 Å². The molecule has 0 saturated carbocycles. The second-order valence-corrected chi connectivity index (χ2v) is 3.09. The Balaban J connectivity index is 0.00000169. The van der Waals surface area contributed by atoms with Crippen LogP contribution in [0.3, 0.4) is 0 Å². The van der Waals surface area contributed by atoms with Crippen LogP contribution in [0.15, 0.2) is 24.3 Å². The van der Waals surface area contributed by atoms with E-state index in [-0.39, 0.29) is 24.4 Å². The fourth-order valence-corrected chi connectivity index (χ4v) is 1.19. The minimum absolute atomic E-state index is 0. The summed E-state index contributed by atoms with van der Waals surface area (Å²) in [5.74, 6) is -1.11. The summed E-state index contributed by atoms with van der Waals surface area (Å²) >= 11 is 0. The Morgan fingerprint density at radius 1 is 1.29 bits per heavy atom. The summed E-state index contributed by atoms with van der Waals surface area (Å²) in [6, 6.07) is 6.89. The molecular formula is C11H13LiO2. The number of carboxylic acids is 1. The van der Waals surface area contributed by atoms with Gasteiger partial charge in [-0.05, 0) is 24.0 Å². The topological polar surface area (TPSA) is 40.1 Å². The van der Waals surface area contributed by atoms with Gasteiger partial charge in [0.1, 0.15) is 0 Å². The number of aryl methyl sites for hydroxylation is 1. The van der Waals surface area contributed by atoms with Crippen molar-refractivity contribution in [3.8, 4) is 0 Å². The van der Waals surface area contributed by atoms with Gasteiger partial charge in [0.2, 0.25) is 0 Å². The Kier molecular flexibility index (Phi) is 6.36.